The van der Waals surface area contributed by atoms with E-state index in [0.29, 0.717) is 18.1 Å². The number of nitrogens with zero attached hydrogens (tertiary/aromatic N) is 4. The minimum absolute atomic E-state index is 0.0428. The fraction of sp³-hybridized carbons (Fsp3) is 0.267. The van der Waals surface area contributed by atoms with E-state index in [1.807, 2.05) is 61.7 Å². The summed E-state index contributed by atoms with van der Waals surface area (Å²) < 4.78 is 2.31. The molecule has 8 heteroatoms. The van der Waals surface area contributed by atoms with Crippen LogP contribution >= 0.6 is 12.2 Å². The molecule has 0 saturated carbocycles. The molecule has 1 aliphatic heterocycles. The number of carbonyl (C=O) groups excluding carboxylic acids is 1. The number of pyridine rings is 2. The average molecular weight is 525 g/mol. The van der Waals surface area contributed by atoms with Crippen molar-refractivity contribution in [2.45, 2.75) is 45.8 Å². The number of rotatable bonds is 8. The molecule has 4 heterocycles. The number of benzene rings is 1. The van der Waals surface area contributed by atoms with Gasteiger partial charge >= 0.3 is 0 Å². The fourth-order valence-corrected chi connectivity index (χ4v) is 5.44. The number of amides is 1. The van der Waals surface area contributed by atoms with Gasteiger partial charge in [-0.15, -0.1) is 0 Å². The number of nitrogens with one attached hydrogen (secondary N) is 2. The van der Waals surface area contributed by atoms with Gasteiger partial charge in [0.25, 0.3) is 0 Å². The second-order valence-electron chi connectivity index (χ2n) is 9.76. The van der Waals surface area contributed by atoms with Gasteiger partial charge in [-0.1, -0.05) is 29.8 Å². The van der Waals surface area contributed by atoms with Crippen LogP contribution in [-0.2, 0) is 11.3 Å². The van der Waals surface area contributed by atoms with Crippen molar-refractivity contribution < 1.29 is 4.79 Å². The molecule has 1 aromatic carbocycles. The van der Waals surface area contributed by atoms with Gasteiger partial charge < -0.3 is 20.1 Å². The van der Waals surface area contributed by atoms with Crippen molar-refractivity contribution in [3.63, 3.8) is 0 Å². The van der Waals surface area contributed by atoms with Crippen LogP contribution in [0.25, 0.3) is 0 Å². The number of carbonyl (C=O) groups is 1. The Morgan fingerprint density at radius 3 is 2.58 bits per heavy atom. The first-order chi connectivity index (χ1) is 18.4. The maximum absolute atomic E-state index is 12.9. The molecule has 0 aliphatic carbocycles. The third-order valence-electron chi connectivity index (χ3n) is 7.11. The molecule has 0 unspecified atom stereocenters. The van der Waals surface area contributed by atoms with Crippen LogP contribution in [0.1, 0.15) is 52.3 Å². The first-order valence-electron chi connectivity index (χ1n) is 12.8. The summed E-state index contributed by atoms with van der Waals surface area (Å²) in [5.74, 6) is -0.0428. The van der Waals surface area contributed by atoms with Crippen LogP contribution in [0.5, 0.6) is 0 Å². The minimum Gasteiger partial charge on any atom is -0.352 e. The quantitative estimate of drug-likeness (QED) is 0.307. The Kier molecular flexibility index (Phi) is 7.51. The number of aryl methyl sites for hydroxylation is 2. The Bertz CT molecular complexity index is 1420. The number of hydrogen-bond donors (Lipinski definition) is 2. The summed E-state index contributed by atoms with van der Waals surface area (Å²) in [5, 5.41) is 7.13. The molecule has 194 valence electrons. The summed E-state index contributed by atoms with van der Waals surface area (Å²) in [5.41, 5.74) is 7.52. The summed E-state index contributed by atoms with van der Waals surface area (Å²) in [7, 11) is 0. The number of aromatic nitrogens is 3. The summed E-state index contributed by atoms with van der Waals surface area (Å²) >= 11 is 5.82. The molecule has 7 nitrogen and oxygen atoms in total. The van der Waals surface area contributed by atoms with Gasteiger partial charge in [0.2, 0.25) is 5.91 Å². The van der Waals surface area contributed by atoms with Crippen molar-refractivity contribution in [3.8, 4) is 0 Å². The van der Waals surface area contributed by atoms with Gasteiger partial charge in [-0.05, 0) is 80.5 Å². The second-order valence-corrected chi connectivity index (χ2v) is 10.1. The fourth-order valence-electron chi connectivity index (χ4n) is 5.11. The Morgan fingerprint density at radius 2 is 1.87 bits per heavy atom. The first-order valence-corrected chi connectivity index (χ1v) is 13.2. The van der Waals surface area contributed by atoms with Crippen LogP contribution in [0.4, 0.5) is 5.69 Å². The topological polar surface area (TPSA) is 75.1 Å². The van der Waals surface area contributed by atoms with E-state index in [4.69, 9.17) is 12.2 Å². The first kappa shape index (κ1) is 25.6. The minimum atomic E-state index is -0.129. The monoisotopic (exact) mass is 524 g/mol. The highest BCUT2D eigenvalue weighted by Gasteiger charge is 2.41. The van der Waals surface area contributed by atoms with Gasteiger partial charge in [0, 0.05) is 55.2 Å². The molecule has 1 saturated heterocycles. The Balaban J connectivity index is 1.42. The zero-order valence-corrected chi connectivity index (χ0v) is 22.7. The van der Waals surface area contributed by atoms with E-state index in [2.05, 4.69) is 56.0 Å². The van der Waals surface area contributed by atoms with Gasteiger partial charge in [0.05, 0.1) is 17.8 Å². The van der Waals surface area contributed by atoms with Crippen LogP contribution in [-0.4, -0.2) is 37.0 Å². The molecule has 2 N–H and O–H groups in total. The summed E-state index contributed by atoms with van der Waals surface area (Å²) in [6.07, 6.45) is 5.82. The van der Waals surface area contributed by atoms with E-state index in [0.717, 1.165) is 40.4 Å². The lowest BCUT2D eigenvalue weighted by Crippen LogP contribution is -2.33. The molecule has 38 heavy (non-hydrogen) atoms. The maximum atomic E-state index is 12.9. The summed E-state index contributed by atoms with van der Waals surface area (Å²) in [6.45, 7) is 7.53. The highest BCUT2D eigenvalue weighted by Crippen LogP contribution is 2.41. The van der Waals surface area contributed by atoms with E-state index in [9.17, 15) is 4.79 Å². The van der Waals surface area contributed by atoms with E-state index >= 15 is 0 Å². The maximum Gasteiger partial charge on any atom is 0.226 e. The number of hydrogen-bond acceptors (Lipinski definition) is 4. The highest BCUT2D eigenvalue weighted by atomic mass is 32.1. The normalized spacial score (nSPS) is 16.9. The molecule has 5 rings (SSSR count). The lowest BCUT2D eigenvalue weighted by molar-refractivity contribution is -0.116. The summed E-state index contributed by atoms with van der Waals surface area (Å²) in [4.78, 5) is 23.9. The molecule has 4 aromatic rings. The van der Waals surface area contributed by atoms with Crippen LogP contribution in [0.3, 0.4) is 0 Å². The molecular formula is C30H32N6OS. The second kappa shape index (κ2) is 11.1. The standard InChI is InChI=1S/C30H32N6OS/c1-20-9-11-24(12-10-20)33-27(37)13-16-35-29(28(34-30(35)38)26-8-4-5-15-32-26)25-17-21(2)36(22(25)3)19-23-7-6-14-31-18-23/h4-12,14-15,17-18,28-29H,13,16,19H2,1-3H3,(H,33,37)(H,34,38)/t28-,29-/m0/s1. The van der Waals surface area contributed by atoms with Gasteiger partial charge in [-0.25, -0.2) is 0 Å². The van der Waals surface area contributed by atoms with E-state index < -0.39 is 0 Å². The lowest BCUT2D eigenvalue weighted by atomic mass is 9.96. The zero-order valence-electron chi connectivity index (χ0n) is 21.9. The molecule has 2 atom stereocenters. The van der Waals surface area contributed by atoms with Gasteiger partial charge in [-0.2, -0.15) is 0 Å². The smallest absolute Gasteiger partial charge is 0.226 e. The van der Waals surface area contributed by atoms with Crippen LogP contribution in [0, 0.1) is 20.8 Å². The largest absolute Gasteiger partial charge is 0.352 e. The van der Waals surface area contributed by atoms with Crippen LogP contribution in [0.2, 0.25) is 0 Å². The third-order valence-corrected chi connectivity index (χ3v) is 7.46. The predicted molar refractivity (Wildman–Crippen MR) is 154 cm³/mol. The van der Waals surface area contributed by atoms with Crippen molar-refractivity contribution in [2.24, 2.45) is 0 Å². The summed E-state index contributed by atoms with van der Waals surface area (Å²) in [6, 6.07) is 19.8. The SMILES string of the molecule is Cc1ccc(NC(=O)CCN2C(=S)N[C@@H](c3ccccn3)[C@@H]2c2cc(C)n(Cc3cccnc3)c2C)cc1. The molecule has 0 spiro atoms. The van der Waals surface area contributed by atoms with Crippen molar-refractivity contribution in [1.29, 1.82) is 0 Å². The average Bonchev–Trinajstić information content (AvgIpc) is 3.40. The Hall–Kier alpha value is -4.04. The van der Waals surface area contributed by atoms with Gasteiger partial charge in [0.1, 0.15) is 0 Å². The molecule has 1 amide bonds. The zero-order chi connectivity index (χ0) is 26.6. The Morgan fingerprint density at radius 1 is 1.05 bits per heavy atom. The van der Waals surface area contributed by atoms with Crippen LogP contribution in [0.15, 0.2) is 79.3 Å². The molecule has 0 radical (unpaired) electrons. The number of thiocarbonyl (C=S) groups is 1. The van der Waals surface area contributed by atoms with Crippen molar-refractivity contribution in [1.82, 2.24) is 24.8 Å². The van der Waals surface area contributed by atoms with Crippen molar-refractivity contribution in [3.05, 3.63) is 113 Å². The highest BCUT2D eigenvalue weighted by molar-refractivity contribution is 7.80. The molecule has 0 bridgehead atoms. The number of anilines is 1. The predicted octanol–water partition coefficient (Wildman–Crippen LogP) is 5.25. The molecule has 1 fully saturated rings. The lowest BCUT2D eigenvalue weighted by Gasteiger charge is -2.28. The molecule has 1 aliphatic rings. The van der Waals surface area contributed by atoms with Gasteiger partial charge in [0.15, 0.2) is 5.11 Å². The Labute approximate surface area is 228 Å². The third kappa shape index (κ3) is 5.45. The molecular weight excluding hydrogens is 492 g/mol. The van der Waals surface area contributed by atoms with E-state index in [-0.39, 0.29) is 18.0 Å². The van der Waals surface area contributed by atoms with Crippen molar-refractivity contribution in [2.75, 3.05) is 11.9 Å². The van der Waals surface area contributed by atoms with E-state index in [1.54, 1.807) is 12.4 Å². The molecule has 3 aromatic heterocycles. The van der Waals surface area contributed by atoms with Crippen molar-refractivity contribution >= 4 is 28.9 Å². The van der Waals surface area contributed by atoms with Gasteiger partial charge in [-0.3, -0.25) is 14.8 Å². The van der Waals surface area contributed by atoms with Crippen LogP contribution < -0.4 is 10.6 Å². The van der Waals surface area contributed by atoms with E-state index in [1.165, 1.54) is 5.56 Å².